The van der Waals surface area contributed by atoms with E-state index in [0.29, 0.717) is 35.1 Å². The normalized spacial score (nSPS) is 14.1. The number of hydrogen-bond acceptors (Lipinski definition) is 2. The number of hydrogen-bond donors (Lipinski definition) is 0. The second-order valence-corrected chi connectivity index (χ2v) is 5.87. The first-order valence-corrected chi connectivity index (χ1v) is 7.66. The van der Waals surface area contributed by atoms with Gasteiger partial charge in [-0.3, -0.25) is 9.36 Å². The Morgan fingerprint density at radius 2 is 1.92 bits per heavy atom. The Balaban J connectivity index is 2.08. The lowest BCUT2D eigenvalue weighted by molar-refractivity contribution is -0.137. The molecule has 4 rings (SSSR count). The minimum absolute atomic E-state index is 0.0613. The van der Waals surface area contributed by atoms with Gasteiger partial charge in [-0.15, -0.1) is 0 Å². The zero-order valence-corrected chi connectivity index (χ0v) is 12.6. The fourth-order valence-corrected chi connectivity index (χ4v) is 3.36. The summed E-state index contributed by atoms with van der Waals surface area (Å²) in [6.07, 6.45) is -0.736. The number of pyridine rings is 2. The van der Waals surface area contributed by atoms with Gasteiger partial charge in [0.05, 0.1) is 10.9 Å². The molecule has 1 aliphatic rings. The third-order valence-corrected chi connectivity index (χ3v) is 4.41. The molecule has 3 nitrogen and oxygen atoms in total. The standard InChI is InChI=1S/C18H13F3N2O/c19-18(20,21)11-4-1-5-12(10-11)23-15-8-2-6-13(15)16(24)14-7-3-9-22-17(14)23/h1,3-5,7,9-10H,2,6,8H2. The monoisotopic (exact) mass is 330 g/mol. The SMILES string of the molecule is O=c1c2c(n(-c3cccc(C(F)(F)F)c3)c3ncccc13)CCC2. The highest BCUT2D eigenvalue weighted by Crippen LogP contribution is 2.32. The lowest BCUT2D eigenvalue weighted by atomic mass is 10.1. The van der Waals surface area contributed by atoms with Crippen LogP contribution in [0.15, 0.2) is 47.4 Å². The first-order valence-electron chi connectivity index (χ1n) is 7.66. The molecule has 0 unspecified atom stereocenters. The molecule has 122 valence electrons. The predicted molar refractivity (Wildman–Crippen MR) is 84.4 cm³/mol. The van der Waals surface area contributed by atoms with Crippen LogP contribution in [0.25, 0.3) is 16.7 Å². The van der Waals surface area contributed by atoms with E-state index in [0.717, 1.165) is 24.2 Å². The van der Waals surface area contributed by atoms with Crippen molar-refractivity contribution < 1.29 is 13.2 Å². The molecule has 0 saturated carbocycles. The molecular weight excluding hydrogens is 317 g/mol. The molecule has 1 aliphatic carbocycles. The number of alkyl halides is 3. The highest BCUT2D eigenvalue weighted by Gasteiger charge is 2.31. The second kappa shape index (κ2) is 5.19. The molecule has 1 aromatic carbocycles. The first kappa shape index (κ1) is 14.9. The number of halogens is 3. The van der Waals surface area contributed by atoms with Gasteiger partial charge in [-0.1, -0.05) is 6.07 Å². The van der Waals surface area contributed by atoms with Crippen LogP contribution in [0.5, 0.6) is 0 Å². The van der Waals surface area contributed by atoms with Crippen molar-refractivity contribution >= 4 is 11.0 Å². The van der Waals surface area contributed by atoms with Gasteiger partial charge < -0.3 is 0 Å². The fourth-order valence-electron chi connectivity index (χ4n) is 3.36. The van der Waals surface area contributed by atoms with Gasteiger partial charge in [0.15, 0.2) is 5.43 Å². The van der Waals surface area contributed by atoms with E-state index in [1.54, 1.807) is 29.0 Å². The molecule has 0 saturated heterocycles. The van der Waals surface area contributed by atoms with Crippen molar-refractivity contribution in [2.45, 2.75) is 25.4 Å². The summed E-state index contributed by atoms with van der Waals surface area (Å²) in [6, 6.07) is 8.49. The highest BCUT2D eigenvalue weighted by atomic mass is 19.4. The topological polar surface area (TPSA) is 34.9 Å². The molecule has 24 heavy (non-hydrogen) atoms. The van der Waals surface area contributed by atoms with Crippen LogP contribution < -0.4 is 5.43 Å². The summed E-state index contributed by atoms with van der Waals surface area (Å²) in [7, 11) is 0. The van der Waals surface area contributed by atoms with Crippen LogP contribution in [-0.4, -0.2) is 9.55 Å². The van der Waals surface area contributed by atoms with E-state index in [9.17, 15) is 18.0 Å². The van der Waals surface area contributed by atoms with E-state index >= 15 is 0 Å². The zero-order chi connectivity index (χ0) is 16.9. The molecule has 0 bridgehead atoms. The Hall–Kier alpha value is -2.63. The van der Waals surface area contributed by atoms with E-state index in [2.05, 4.69) is 4.98 Å². The molecule has 2 heterocycles. The molecular formula is C18H13F3N2O. The van der Waals surface area contributed by atoms with Crippen LogP contribution >= 0.6 is 0 Å². The van der Waals surface area contributed by atoms with Gasteiger partial charge in [0, 0.05) is 23.1 Å². The van der Waals surface area contributed by atoms with Gasteiger partial charge in [0.2, 0.25) is 0 Å². The minimum Gasteiger partial charge on any atom is -0.298 e. The Morgan fingerprint density at radius 3 is 2.71 bits per heavy atom. The first-order chi connectivity index (χ1) is 11.5. The Morgan fingerprint density at radius 1 is 1.08 bits per heavy atom. The van der Waals surface area contributed by atoms with Crippen molar-refractivity contribution in [3.05, 3.63) is 69.6 Å². The fraction of sp³-hybridized carbons (Fsp3) is 0.222. The van der Waals surface area contributed by atoms with Crippen LogP contribution in [0.4, 0.5) is 13.2 Å². The van der Waals surface area contributed by atoms with Gasteiger partial charge in [0.25, 0.3) is 0 Å². The summed E-state index contributed by atoms with van der Waals surface area (Å²) in [4.78, 5) is 16.9. The molecule has 0 amide bonds. The van der Waals surface area contributed by atoms with Crippen LogP contribution in [0.1, 0.15) is 23.2 Å². The molecule has 0 atom stereocenters. The maximum absolute atomic E-state index is 13.1. The van der Waals surface area contributed by atoms with E-state index in [-0.39, 0.29) is 5.43 Å². The third kappa shape index (κ3) is 2.21. The molecule has 0 radical (unpaired) electrons. The molecule has 0 fully saturated rings. The minimum atomic E-state index is -4.42. The van der Waals surface area contributed by atoms with Gasteiger partial charge in [-0.2, -0.15) is 13.2 Å². The van der Waals surface area contributed by atoms with Crippen molar-refractivity contribution in [2.75, 3.05) is 0 Å². The summed E-state index contributed by atoms with van der Waals surface area (Å²) >= 11 is 0. The van der Waals surface area contributed by atoms with Gasteiger partial charge in [-0.05, 0) is 49.6 Å². The Labute approximate surface area is 135 Å². The number of fused-ring (bicyclic) bond motifs is 2. The van der Waals surface area contributed by atoms with Crippen molar-refractivity contribution in [1.82, 2.24) is 9.55 Å². The summed E-state index contributed by atoms with van der Waals surface area (Å²) < 4.78 is 40.9. The van der Waals surface area contributed by atoms with E-state index < -0.39 is 11.7 Å². The molecule has 0 aliphatic heterocycles. The molecule has 2 aromatic heterocycles. The molecule has 6 heteroatoms. The van der Waals surface area contributed by atoms with Crippen molar-refractivity contribution in [3.8, 4) is 5.69 Å². The summed E-state index contributed by atoms with van der Waals surface area (Å²) in [5.74, 6) is 0. The van der Waals surface area contributed by atoms with E-state index in [1.165, 1.54) is 6.07 Å². The summed E-state index contributed by atoms with van der Waals surface area (Å²) in [6.45, 7) is 0. The molecule has 3 aromatic rings. The van der Waals surface area contributed by atoms with Crippen molar-refractivity contribution in [2.24, 2.45) is 0 Å². The molecule has 0 N–H and O–H groups in total. The average Bonchev–Trinajstić information content (AvgIpc) is 3.04. The number of nitrogens with zero attached hydrogens (tertiary/aromatic N) is 2. The number of rotatable bonds is 1. The van der Waals surface area contributed by atoms with E-state index in [4.69, 9.17) is 0 Å². The molecule has 0 spiro atoms. The zero-order valence-electron chi connectivity index (χ0n) is 12.6. The van der Waals surface area contributed by atoms with Gasteiger partial charge >= 0.3 is 6.18 Å². The van der Waals surface area contributed by atoms with Gasteiger partial charge in [-0.25, -0.2) is 4.98 Å². The Bertz CT molecular complexity index is 1010. The Kier molecular flexibility index (Phi) is 3.23. The maximum Gasteiger partial charge on any atom is 0.416 e. The van der Waals surface area contributed by atoms with Crippen LogP contribution in [0, 0.1) is 0 Å². The van der Waals surface area contributed by atoms with Crippen LogP contribution in [0.2, 0.25) is 0 Å². The average molecular weight is 330 g/mol. The second-order valence-electron chi connectivity index (χ2n) is 5.87. The van der Waals surface area contributed by atoms with Crippen molar-refractivity contribution in [3.63, 3.8) is 0 Å². The number of aromatic nitrogens is 2. The van der Waals surface area contributed by atoms with Crippen LogP contribution in [-0.2, 0) is 19.0 Å². The maximum atomic E-state index is 13.1. The van der Waals surface area contributed by atoms with Gasteiger partial charge in [0.1, 0.15) is 5.65 Å². The quantitative estimate of drug-likeness (QED) is 0.678. The largest absolute Gasteiger partial charge is 0.416 e. The lowest BCUT2D eigenvalue weighted by Gasteiger charge is -2.17. The predicted octanol–water partition coefficient (Wildman–Crippen LogP) is 3.89. The third-order valence-electron chi connectivity index (χ3n) is 4.41. The van der Waals surface area contributed by atoms with Crippen molar-refractivity contribution in [1.29, 1.82) is 0 Å². The van der Waals surface area contributed by atoms with Crippen LogP contribution in [0.3, 0.4) is 0 Å². The summed E-state index contributed by atoms with van der Waals surface area (Å²) in [5.41, 5.74) is 1.47. The smallest absolute Gasteiger partial charge is 0.298 e. The number of benzene rings is 1. The van der Waals surface area contributed by atoms with E-state index in [1.807, 2.05) is 0 Å². The highest BCUT2D eigenvalue weighted by molar-refractivity contribution is 5.78. The summed E-state index contributed by atoms with van der Waals surface area (Å²) in [5, 5.41) is 0.440. The lowest BCUT2D eigenvalue weighted by Crippen LogP contribution is -2.17.